The maximum Gasteiger partial charge on any atom is 0.289 e. The first-order valence-electron chi connectivity index (χ1n) is 9.30. The molecule has 1 aliphatic rings. The molecule has 2 aromatic rings. The first-order valence-corrected chi connectivity index (χ1v) is 9.30. The number of aromatic nitrogens is 1. The third-order valence-corrected chi connectivity index (χ3v) is 4.75. The van der Waals surface area contributed by atoms with Gasteiger partial charge in [-0.1, -0.05) is 37.5 Å². The van der Waals surface area contributed by atoms with Gasteiger partial charge in [0.15, 0.2) is 0 Å². The highest BCUT2D eigenvalue weighted by Gasteiger charge is 2.21. The Morgan fingerprint density at radius 3 is 2.63 bits per heavy atom. The minimum Gasteiger partial charge on any atom is -0.326 e. The Bertz CT molecular complexity index is 827. The summed E-state index contributed by atoms with van der Waals surface area (Å²) in [5.74, 6) is -0.170. The summed E-state index contributed by atoms with van der Waals surface area (Å²) in [5, 5.41) is 7.15. The maximum atomic E-state index is 12.4. The van der Waals surface area contributed by atoms with E-state index in [0.29, 0.717) is 11.4 Å². The second-order valence-electron chi connectivity index (χ2n) is 6.76. The molecule has 140 valence electrons. The predicted octanol–water partition coefficient (Wildman–Crippen LogP) is 3.75. The number of carbonyl (C=O) groups is 2. The van der Waals surface area contributed by atoms with Gasteiger partial charge in [0.25, 0.3) is 5.91 Å². The van der Waals surface area contributed by atoms with Crippen LogP contribution in [0.3, 0.4) is 0 Å². The van der Waals surface area contributed by atoms with Crippen LogP contribution in [0.15, 0.2) is 53.8 Å². The van der Waals surface area contributed by atoms with Crippen molar-refractivity contribution in [2.75, 3.05) is 5.32 Å². The molecule has 0 radical (unpaired) electrons. The average Bonchev–Trinajstić information content (AvgIpc) is 2.73. The summed E-state index contributed by atoms with van der Waals surface area (Å²) in [4.78, 5) is 28.4. The van der Waals surface area contributed by atoms with Crippen molar-refractivity contribution in [1.29, 1.82) is 0 Å². The summed E-state index contributed by atoms with van der Waals surface area (Å²) in [6.45, 7) is 1.81. The lowest BCUT2D eigenvalue weighted by molar-refractivity contribution is -0.120. The van der Waals surface area contributed by atoms with Crippen molar-refractivity contribution < 1.29 is 9.59 Å². The second-order valence-corrected chi connectivity index (χ2v) is 6.76. The van der Waals surface area contributed by atoms with Crippen molar-refractivity contribution in [2.45, 2.75) is 39.0 Å². The van der Waals surface area contributed by atoms with Gasteiger partial charge in [-0.2, -0.15) is 5.10 Å². The Morgan fingerprint density at radius 2 is 1.89 bits per heavy atom. The smallest absolute Gasteiger partial charge is 0.289 e. The molecule has 1 aromatic heterocycles. The average molecular weight is 364 g/mol. The molecule has 6 nitrogen and oxygen atoms in total. The summed E-state index contributed by atoms with van der Waals surface area (Å²) in [6.07, 6.45) is 6.96. The molecule has 0 saturated heterocycles. The van der Waals surface area contributed by atoms with Crippen LogP contribution in [0.1, 0.15) is 55.1 Å². The van der Waals surface area contributed by atoms with Crippen LogP contribution >= 0.6 is 0 Å². The van der Waals surface area contributed by atoms with Crippen LogP contribution in [0.25, 0.3) is 0 Å². The topological polar surface area (TPSA) is 83.4 Å². The summed E-state index contributed by atoms with van der Waals surface area (Å²) in [6, 6.07) is 12.6. The van der Waals surface area contributed by atoms with E-state index < -0.39 is 0 Å². The number of carbonyl (C=O) groups excluding carboxylic acids is 2. The zero-order chi connectivity index (χ0) is 19.1. The van der Waals surface area contributed by atoms with Crippen molar-refractivity contribution in [3.8, 4) is 0 Å². The third-order valence-electron chi connectivity index (χ3n) is 4.75. The second kappa shape index (κ2) is 9.07. The van der Waals surface area contributed by atoms with Crippen molar-refractivity contribution in [3.05, 3.63) is 59.9 Å². The lowest BCUT2D eigenvalue weighted by Gasteiger charge is -2.20. The molecule has 1 saturated carbocycles. The summed E-state index contributed by atoms with van der Waals surface area (Å²) >= 11 is 0. The van der Waals surface area contributed by atoms with Gasteiger partial charge < -0.3 is 5.32 Å². The molecule has 27 heavy (non-hydrogen) atoms. The highest BCUT2D eigenvalue weighted by atomic mass is 16.2. The number of hydrogen-bond acceptors (Lipinski definition) is 4. The first kappa shape index (κ1) is 18.8. The van der Waals surface area contributed by atoms with E-state index in [1.165, 1.54) is 6.42 Å². The standard InChI is InChI=1S/C21H24N4O2/c1-15(24-25-21(27)19-12-5-6-13-22-19)17-10-7-11-18(14-17)23-20(26)16-8-3-2-4-9-16/h5-7,10-14,16H,2-4,8-9H2,1H3,(H,23,26)(H,25,27)/b24-15+. The SMILES string of the molecule is C/C(=N\NC(=O)c1ccccn1)c1cccc(NC(=O)C2CCCCC2)c1. The highest BCUT2D eigenvalue weighted by Crippen LogP contribution is 2.25. The monoisotopic (exact) mass is 364 g/mol. The Balaban J connectivity index is 1.63. The van der Waals surface area contributed by atoms with E-state index in [0.717, 1.165) is 36.9 Å². The van der Waals surface area contributed by atoms with Crippen LogP contribution in [0.5, 0.6) is 0 Å². The number of benzene rings is 1. The Morgan fingerprint density at radius 1 is 1.07 bits per heavy atom. The van der Waals surface area contributed by atoms with Gasteiger partial charge in [-0.3, -0.25) is 14.6 Å². The van der Waals surface area contributed by atoms with E-state index in [1.807, 2.05) is 24.3 Å². The van der Waals surface area contributed by atoms with Gasteiger partial charge in [0.2, 0.25) is 5.91 Å². The molecule has 1 heterocycles. The maximum absolute atomic E-state index is 12.4. The van der Waals surface area contributed by atoms with Gasteiger partial charge in [0, 0.05) is 17.8 Å². The molecule has 2 amide bonds. The molecule has 1 aliphatic carbocycles. The number of hydrogen-bond donors (Lipinski definition) is 2. The molecule has 0 atom stereocenters. The van der Waals surface area contributed by atoms with Crippen LogP contribution in [0.4, 0.5) is 5.69 Å². The summed E-state index contributed by atoms with van der Waals surface area (Å²) in [5.41, 5.74) is 5.04. The molecule has 1 aromatic carbocycles. The van der Waals surface area contributed by atoms with E-state index in [2.05, 4.69) is 20.8 Å². The lowest BCUT2D eigenvalue weighted by Crippen LogP contribution is -2.24. The fourth-order valence-corrected chi connectivity index (χ4v) is 3.18. The fraction of sp³-hybridized carbons (Fsp3) is 0.333. The largest absolute Gasteiger partial charge is 0.326 e. The van der Waals surface area contributed by atoms with Gasteiger partial charge in [0.05, 0.1) is 5.71 Å². The number of rotatable bonds is 5. The molecule has 3 rings (SSSR count). The van der Waals surface area contributed by atoms with Crippen molar-refractivity contribution in [3.63, 3.8) is 0 Å². The minimum atomic E-state index is -0.364. The zero-order valence-electron chi connectivity index (χ0n) is 15.4. The van der Waals surface area contributed by atoms with Gasteiger partial charge in [0.1, 0.15) is 5.69 Å². The summed E-state index contributed by atoms with van der Waals surface area (Å²) < 4.78 is 0. The van der Waals surface area contributed by atoms with Gasteiger partial charge in [-0.05, 0) is 49.6 Å². The molecule has 0 unspecified atom stereocenters. The molecule has 0 bridgehead atoms. The van der Waals surface area contributed by atoms with E-state index in [4.69, 9.17) is 0 Å². The van der Waals surface area contributed by atoms with Crippen LogP contribution in [-0.2, 0) is 4.79 Å². The van der Waals surface area contributed by atoms with Crippen molar-refractivity contribution >= 4 is 23.2 Å². The predicted molar refractivity (Wildman–Crippen MR) is 106 cm³/mol. The molecule has 0 spiro atoms. The molecule has 1 fully saturated rings. The molecule has 6 heteroatoms. The van der Waals surface area contributed by atoms with Crippen LogP contribution in [0.2, 0.25) is 0 Å². The quantitative estimate of drug-likeness (QED) is 0.626. The number of pyridine rings is 1. The van der Waals surface area contributed by atoms with Crippen molar-refractivity contribution in [2.24, 2.45) is 11.0 Å². The lowest BCUT2D eigenvalue weighted by atomic mass is 9.88. The molecule has 0 aliphatic heterocycles. The first-order chi connectivity index (χ1) is 13.1. The number of nitrogens with zero attached hydrogens (tertiary/aromatic N) is 2. The summed E-state index contributed by atoms with van der Waals surface area (Å²) in [7, 11) is 0. The van der Waals surface area contributed by atoms with E-state index >= 15 is 0 Å². The molecular formula is C21H24N4O2. The molecular weight excluding hydrogens is 340 g/mol. The Labute approximate surface area is 159 Å². The normalized spacial score (nSPS) is 15.2. The van der Waals surface area contributed by atoms with Gasteiger partial charge in [-0.25, -0.2) is 5.43 Å². The Hall–Kier alpha value is -3.02. The third kappa shape index (κ3) is 5.23. The Kier molecular flexibility index (Phi) is 6.30. The molecule has 2 N–H and O–H groups in total. The number of nitrogens with one attached hydrogen (secondary N) is 2. The van der Waals surface area contributed by atoms with E-state index in [9.17, 15) is 9.59 Å². The van der Waals surface area contributed by atoms with Gasteiger partial charge in [-0.15, -0.1) is 0 Å². The number of anilines is 1. The zero-order valence-corrected chi connectivity index (χ0v) is 15.4. The van der Waals surface area contributed by atoms with Crippen molar-refractivity contribution in [1.82, 2.24) is 10.4 Å². The number of amides is 2. The highest BCUT2D eigenvalue weighted by molar-refractivity contribution is 6.02. The van der Waals surface area contributed by atoms with Crippen LogP contribution in [-0.4, -0.2) is 22.5 Å². The van der Waals surface area contributed by atoms with E-state index in [-0.39, 0.29) is 17.7 Å². The number of hydrazone groups is 1. The van der Waals surface area contributed by atoms with Crippen LogP contribution in [0, 0.1) is 5.92 Å². The van der Waals surface area contributed by atoms with Crippen LogP contribution < -0.4 is 10.7 Å². The minimum absolute atomic E-state index is 0.0879. The fourth-order valence-electron chi connectivity index (χ4n) is 3.18. The van der Waals surface area contributed by atoms with E-state index in [1.54, 1.807) is 31.3 Å². The van der Waals surface area contributed by atoms with Gasteiger partial charge >= 0.3 is 0 Å².